The molecule has 0 aliphatic rings. The lowest BCUT2D eigenvalue weighted by molar-refractivity contribution is -0.383. The average molecular weight is 272 g/mol. The summed E-state index contributed by atoms with van der Waals surface area (Å²) in [5, 5.41) is 10.7. The first-order valence-electron chi connectivity index (χ1n) is 5.83. The van der Waals surface area contributed by atoms with E-state index in [1.165, 1.54) is 18.2 Å². The normalized spacial score (nSPS) is 10.0. The van der Waals surface area contributed by atoms with Crippen LogP contribution < -0.4 is 5.73 Å². The van der Waals surface area contributed by atoms with Crippen molar-refractivity contribution >= 4 is 17.3 Å². The van der Waals surface area contributed by atoms with Gasteiger partial charge in [-0.2, -0.15) is 0 Å². The van der Waals surface area contributed by atoms with Crippen molar-refractivity contribution < 1.29 is 14.5 Å². The molecule has 0 aliphatic carbocycles. The molecule has 0 bridgehead atoms. The van der Waals surface area contributed by atoms with E-state index in [0.717, 1.165) is 5.56 Å². The van der Waals surface area contributed by atoms with Crippen LogP contribution in [0, 0.1) is 10.1 Å². The summed E-state index contributed by atoms with van der Waals surface area (Å²) >= 11 is 0. The molecule has 0 saturated carbocycles. The molecule has 0 saturated heterocycles. The molecule has 6 heteroatoms. The number of ether oxygens (including phenoxy) is 1. The van der Waals surface area contributed by atoms with Crippen molar-refractivity contribution in [3.05, 3.63) is 69.8 Å². The van der Waals surface area contributed by atoms with Gasteiger partial charge in [-0.1, -0.05) is 36.4 Å². The van der Waals surface area contributed by atoms with Crippen LogP contribution in [-0.4, -0.2) is 10.9 Å². The highest BCUT2D eigenvalue weighted by Gasteiger charge is 2.19. The van der Waals surface area contributed by atoms with Gasteiger partial charge in [-0.05, 0) is 11.6 Å². The summed E-state index contributed by atoms with van der Waals surface area (Å²) < 4.78 is 5.09. The SMILES string of the molecule is Nc1c(C(=O)OCc2ccccc2)cccc1[N+](=O)[O-]. The molecule has 0 unspecified atom stereocenters. The number of nitrogens with two attached hydrogens (primary N) is 1. The van der Waals surface area contributed by atoms with Gasteiger partial charge in [0.1, 0.15) is 12.3 Å². The summed E-state index contributed by atoms with van der Waals surface area (Å²) in [6, 6.07) is 13.2. The van der Waals surface area contributed by atoms with Gasteiger partial charge < -0.3 is 10.5 Å². The quantitative estimate of drug-likeness (QED) is 0.399. The molecule has 0 radical (unpaired) electrons. The fourth-order valence-electron chi connectivity index (χ4n) is 1.69. The lowest BCUT2D eigenvalue weighted by Gasteiger charge is -2.07. The third-order valence-electron chi connectivity index (χ3n) is 2.71. The monoisotopic (exact) mass is 272 g/mol. The maximum absolute atomic E-state index is 11.9. The number of carbonyl (C=O) groups is 1. The van der Waals surface area contributed by atoms with Crippen molar-refractivity contribution in [1.82, 2.24) is 0 Å². The third-order valence-corrected chi connectivity index (χ3v) is 2.71. The van der Waals surface area contributed by atoms with E-state index >= 15 is 0 Å². The van der Waals surface area contributed by atoms with Crippen LogP contribution in [0.4, 0.5) is 11.4 Å². The van der Waals surface area contributed by atoms with Crippen LogP contribution in [0.1, 0.15) is 15.9 Å². The number of carbonyl (C=O) groups excluding carboxylic acids is 1. The van der Waals surface area contributed by atoms with Gasteiger partial charge in [0.25, 0.3) is 5.69 Å². The molecule has 0 heterocycles. The molecular weight excluding hydrogens is 260 g/mol. The summed E-state index contributed by atoms with van der Waals surface area (Å²) in [5.41, 5.74) is 5.94. The Morgan fingerprint density at radius 3 is 2.50 bits per heavy atom. The summed E-state index contributed by atoms with van der Waals surface area (Å²) in [5.74, 6) is -0.685. The molecule has 0 aliphatic heterocycles. The number of nitro groups is 1. The van der Waals surface area contributed by atoms with E-state index in [1.54, 1.807) is 0 Å². The number of nitrogen functional groups attached to an aromatic ring is 1. The van der Waals surface area contributed by atoms with Gasteiger partial charge in [-0.15, -0.1) is 0 Å². The topological polar surface area (TPSA) is 95.5 Å². The van der Waals surface area contributed by atoms with Crippen molar-refractivity contribution in [1.29, 1.82) is 0 Å². The van der Waals surface area contributed by atoms with E-state index in [0.29, 0.717) is 0 Å². The second kappa shape index (κ2) is 5.83. The number of benzene rings is 2. The van der Waals surface area contributed by atoms with Crippen LogP contribution in [0.15, 0.2) is 48.5 Å². The summed E-state index contributed by atoms with van der Waals surface area (Å²) in [6.07, 6.45) is 0. The van der Waals surface area contributed by atoms with Crippen LogP contribution in [0.2, 0.25) is 0 Å². The first kappa shape index (κ1) is 13.5. The number of nitro benzene ring substituents is 1. The fraction of sp³-hybridized carbons (Fsp3) is 0.0714. The van der Waals surface area contributed by atoms with E-state index in [-0.39, 0.29) is 23.5 Å². The van der Waals surface area contributed by atoms with Crippen LogP contribution in [0.25, 0.3) is 0 Å². The lowest BCUT2D eigenvalue weighted by Crippen LogP contribution is -2.09. The second-order valence-corrected chi connectivity index (χ2v) is 4.06. The maximum Gasteiger partial charge on any atom is 0.340 e. The smallest absolute Gasteiger partial charge is 0.340 e. The van der Waals surface area contributed by atoms with Gasteiger partial charge in [0.05, 0.1) is 10.5 Å². The highest BCUT2D eigenvalue weighted by Crippen LogP contribution is 2.25. The number of rotatable bonds is 4. The van der Waals surface area contributed by atoms with Crippen molar-refractivity contribution in [2.24, 2.45) is 0 Å². The van der Waals surface area contributed by atoms with Crippen LogP contribution in [-0.2, 0) is 11.3 Å². The van der Waals surface area contributed by atoms with Crippen molar-refractivity contribution in [3.63, 3.8) is 0 Å². The molecule has 0 fully saturated rings. The van der Waals surface area contributed by atoms with Crippen molar-refractivity contribution in [3.8, 4) is 0 Å². The fourth-order valence-corrected chi connectivity index (χ4v) is 1.69. The minimum atomic E-state index is -0.685. The predicted octanol–water partition coefficient (Wildman–Crippen LogP) is 2.53. The number of para-hydroxylation sites is 1. The second-order valence-electron chi connectivity index (χ2n) is 4.06. The van der Waals surface area contributed by atoms with Crippen LogP contribution in [0.5, 0.6) is 0 Å². The summed E-state index contributed by atoms with van der Waals surface area (Å²) in [4.78, 5) is 22.0. The van der Waals surface area contributed by atoms with Gasteiger partial charge in [-0.3, -0.25) is 10.1 Å². The number of esters is 1. The Morgan fingerprint density at radius 2 is 1.85 bits per heavy atom. The largest absolute Gasteiger partial charge is 0.457 e. The van der Waals surface area contributed by atoms with E-state index < -0.39 is 10.9 Å². The molecule has 0 spiro atoms. The number of nitrogens with zero attached hydrogens (tertiary/aromatic N) is 1. The van der Waals surface area contributed by atoms with Crippen LogP contribution >= 0.6 is 0 Å². The molecule has 0 amide bonds. The van der Waals surface area contributed by atoms with Crippen LogP contribution in [0.3, 0.4) is 0 Å². The molecule has 2 rings (SSSR count). The minimum Gasteiger partial charge on any atom is -0.457 e. The highest BCUT2D eigenvalue weighted by molar-refractivity contribution is 5.97. The molecule has 2 N–H and O–H groups in total. The van der Waals surface area contributed by atoms with Crippen molar-refractivity contribution in [2.45, 2.75) is 6.61 Å². The van der Waals surface area contributed by atoms with E-state index in [2.05, 4.69) is 0 Å². The zero-order valence-electron chi connectivity index (χ0n) is 10.5. The highest BCUT2D eigenvalue weighted by atomic mass is 16.6. The van der Waals surface area contributed by atoms with Gasteiger partial charge >= 0.3 is 5.97 Å². The summed E-state index contributed by atoms with van der Waals surface area (Å²) in [7, 11) is 0. The number of hydrogen-bond acceptors (Lipinski definition) is 5. The number of hydrogen-bond donors (Lipinski definition) is 1. The molecule has 6 nitrogen and oxygen atoms in total. The van der Waals surface area contributed by atoms with Gasteiger partial charge in [0, 0.05) is 6.07 Å². The Labute approximate surface area is 114 Å². The first-order chi connectivity index (χ1) is 9.59. The zero-order valence-corrected chi connectivity index (χ0v) is 10.5. The van der Waals surface area contributed by atoms with Gasteiger partial charge in [-0.25, -0.2) is 4.79 Å². The van der Waals surface area contributed by atoms with Gasteiger partial charge in [0.15, 0.2) is 0 Å². The third kappa shape index (κ3) is 2.92. The first-order valence-corrected chi connectivity index (χ1v) is 5.83. The Balaban J connectivity index is 2.14. The average Bonchev–Trinajstić information content (AvgIpc) is 2.46. The molecule has 2 aromatic carbocycles. The zero-order chi connectivity index (χ0) is 14.5. The van der Waals surface area contributed by atoms with Crippen molar-refractivity contribution in [2.75, 3.05) is 5.73 Å². The molecule has 2 aromatic rings. The molecule has 102 valence electrons. The predicted molar refractivity (Wildman–Crippen MR) is 73.1 cm³/mol. The molecule has 20 heavy (non-hydrogen) atoms. The lowest BCUT2D eigenvalue weighted by atomic mass is 10.1. The molecule has 0 aromatic heterocycles. The van der Waals surface area contributed by atoms with E-state index in [1.807, 2.05) is 30.3 Å². The Kier molecular flexibility index (Phi) is 3.95. The Hall–Kier alpha value is -2.89. The standard InChI is InChI=1S/C14H12N2O4/c15-13-11(7-4-8-12(13)16(18)19)14(17)20-9-10-5-2-1-3-6-10/h1-8H,9,15H2. The molecule has 0 atom stereocenters. The van der Waals surface area contributed by atoms with Gasteiger partial charge in [0.2, 0.25) is 0 Å². The Bertz CT molecular complexity index is 641. The molecular formula is C14H12N2O4. The number of anilines is 1. The maximum atomic E-state index is 11.9. The summed E-state index contributed by atoms with van der Waals surface area (Å²) in [6.45, 7) is 0.0851. The van der Waals surface area contributed by atoms with E-state index in [9.17, 15) is 14.9 Å². The Morgan fingerprint density at radius 1 is 1.15 bits per heavy atom. The minimum absolute atomic E-state index is 0.00451. The van der Waals surface area contributed by atoms with E-state index in [4.69, 9.17) is 10.5 Å².